The number of carbonyl (C=O) groups excluding carboxylic acids is 2. The molecule has 0 unspecified atom stereocenters. The molecule has 0 bridgehead atoms. The van der Waals surface area contributed by atoms with E-state index in [1.54, 1.807) is 14.2 Å². The molecule has 6 heteroatoms. The number of aryl methyl sites for hydroxylation is 1. The molecular weight excluding hydrogens is 454 g/mol. The fraction of sp³-hybridized carbons (Fsp3) is 0.400. The second-order valence-electron chi connectivity index (χ2n) is 9.61. The number of nitrogens with one attached hydrogen (secondary N) is 1. The first-order chi connectivity index (χ1) is 17.3. The predicted molar refractivity (Wildman–Crippen MR) is 139 cm³/mol. The topological polar surface area (TPSA) is 73.9 Å². The molecule has 190 valence electrons. The average Bonchev–Trinajstić information content (AvgIpc) is 2.87. The SMILES string of the molecule is CC[C@H](C)OC(=O)C1=C(C)NC2=C(C(=O)C[C@@H](c3ccc(OC)c(OC)c3)C2)[C@@H]1c1ccccc1C. The summed E-state index contributed by atoms with van der Waals surface area (Å²) < 4.78 is 16.6. The Kier molecular flexibility index (Phi) is 7.53. The highest BCUT2D eigenvalue weighted by Crippen LogP contribution is 2.47. The molecule has 1 heterocycles. The Morgan fingerprint density at radius 2 is 1.78 bits per heavy atom. The fourth-order valence-corrected chi connectivity index (χ4v) is 5.20. The normalized spacial score (nSPS) is 20.4. The lowest BCUT2D eigenvalue weighted by Crippen LogP contribution is -2.36. The fourth-order valence-electron chi connectivity index (χ4n) is 5.20. The number of carbonyl (C=O) groups is 2. The van der Waals surface area contributed by atoms with Crippen LogP contribution in [0.25, 0.3) is 0 Å². The van der Waals surface area contributed by atoms with Crippen molar-refractivity contribution >= 4 is 11.8 Å². The van der Waals surface area contributed by atoms with Crippen molar-refractivity contribution < 1.29 is 23.8 Å². The molecule has 0 radical (unpaired) electrons. The Morgan fingerprint density at radius 3 is 2.44 bits per heavy atom. The second-order valence-corrected chi connectivity index (χ2v) is 9.61. The number of dihydropyridines is 1. The molecule has 1 aliphatic carbocycles. The van der Waals surface area contributed by atoms with E-state index in [1.807, 2.05) is 70.2 Å². The Labute approximate surface area is 213 Å². The maximum absolute atomic E-state index is 13.8. The van der Waals surface area contributed by atoms with Crippen molar-refractivity contribution in [3.8, 4) is 11.5 Å². The molecule has 0 saturated carbocycles. The molecule has 6 nitrogen and oxygen atoms in total. The predicted octanol–water partition coefficient (Wildman–Crippen LogP) is 5.72. The third-order valence-electron chi connectivity index (χ3n) is 7.31. The Balaban J connectivity index is 1.77. The number of benzene rings is 2. The summed E-state index contributed by atoms with van der Waals surface area (Å²) in [6.45, 7) is 7.78. The van der Waals surface area contributed by atoms with Crippen LogP contribution in [0.5, 0.6) is 11.5 Å². The highest BCUT2D eigenvalue weighted by atomic mass is 16.5. The van der Waals surface area contributed by atoms with Crippen LogP contribution in [0.2, 0.25) is 0 Å². The first kappa shape index (κ1) is 25.5. The van der Waals surface area contributed by atoms with Gasteiger partial charge in [0.05, 0.1) is 25.9 Å². The summed E-state index contributed by atoms with van der Waals surface area (Å²) in [5.41, 5.74) is 5.80. The molecule has 4 rings (SSSR count). The van der Waals surface area contributed by atoms with E-state index in [4.69, 9.17) is 14.2 Å². The molecule has 1 aliphatic heterocycles. The van der Waals surface area contributed by atoms with Gasteiger partial charge in [0.1, 0.15) is 0 Å². The lowest BCUT2D eigenvalue weighted by molar-refractivity contribution is -0.144. The number of allylic oxidation sites excluding steroid dienone is 3. The molecule has 2 aromatic carbocycles. The maximum atomic E-state index is 13.8. The van der Waals surface area contributed by atoms with Crippen molar-refractivity contribution in [3.05, 3.63) is 81.7 Å². The Bertz CT molecular complexity index is 1240. The van der Waals surface area contributed by atoms with Gasteiger partial charge in [0.25, 0.3) is 0 Å². The third kappa shape index (κ3) is 4.77. The highest BCUT2D eigenvalue weighted by molar-refractivity contribution is 6.04. The number of rotatable bonds is 7. The van der Waals surface area contributed by atoms with Gasteiger partial charge in [-0.15, -0.1) is 0 Å². The molecule has 0 saturated heterocycles. The first-order valence-corrected chi connectivity index (χ1v) is 12.5. The summed E-state index contributed by atoms with van der Waals surface area (Å²) in [5.74, 6) is 0.493. The lowest BCUT2D eigenvalue weighted by Gasteiger charge is -2.37. The second kappa shape index (κ2) is 10.6. The standard InChI is InChI=1S/C30H35NO5/c1-7-18(3)36-30(33)27-19(4)31-23-14-21(20-12-13-25(34-5)26(16-20)35-6)15-24(32)29(23)28(27)22-11-9-8-10-17(22)2/h8-13,16,18,21,28,31H,7,14-15H2,1-6H3/t18-,21-,28+/m0/s1. The molecule has 36 heavy (non-hydrogen) atoms. The largest absolute Gasteiger partial charge is 0.493 e. The summed E-state index contributed by atoms with van der Waals surface area (Å²) >= 11 is 0. The van der Waals surface area contributed by atoms with Crippen molar-refractivity contribution in [1.82, 2.24) is 5.32 Å². The van der Waals surface area contributed by atoms with Gasteiger partial charge in [0.2, 0.25) is 0 Å². The van der Waals surface area contributed by atoms with Gasteiger partial charge in [0, 0.05) is 29.3 Å². The van der Waals surface area contributed by atoms with Gasteiger partial charge in [0.15, 0.2) is 17.3 Å². The van der Waals surface area contributed by atoms with Crippen LogP contribution >= 0.6 is 0 Å². The number of esters is 1. The molecular formula is C30H35NO5. The zero-order valence-corrected chi connectivity index (χ0v) is 21.9. The third-order valence-corrected chi connectivity index (χ3v) is 7.31. The van der Waals surface area contributed by atoms with E-state index in [1.165, 1.54) is 0 Å². The van der Waals surface area contributed by atoms with Crippen molar-refractivity contribution in [2.24, 2.45) is 0 Å². The van der Waals surface area contributed by atoms with E-state index in [-0.39, 0.29) is 23.8 Å². The van der Waals surface area contributed by atoms with Crippen molar-refractivity contribution in [3.63, 3.8) is 0 Å². The minimum absolute atomic E-state index is 0.0116. The Hall–Kier alpha value is -3.54. The van der Waals surface area contributed by atoms with E-state index in [9.17, 15) is 9.59 Å². The summed E-state index contributed by atoms with van der Waals surface area (Å²) in [7, 11) is 3.22. The van der Waals surface area contributed by atoms with E-state index in [0.29, 0.717) is 35.5 Å². The monoisotopic (exact) mass is 489 g/mol. The number of ketones is 1. The lowest BCUT2D eigenvalue weighted by atomic mass is 9.71. The van der Waals surface area contributed by atoms with E-state index in [0.717, 1.165) is 34.5 Å². The molecule has 0 amide bonds. The molecule has 3 atom stereocenters. The van der Waals surface area contributed by atoms with Crippen LogP contribution in [0.15, 0.2) is 65.0 Å². The van der Waals surface area contributed by atoms with Crippen LogP contribution in [0.1, 0.15) is 68.6 Å². The zero-order chi connectivity index (χ0) is 26.0. The molecule has 0 fully saturated rings. The van der Waals surface area contributed by atoms with E-state index in [2.05, 4.69) is 5.32 Å². The van der Waals surface area contributed by atoms with Crippen LogP contribution in [0.4, 0.5) is 0 Å². The van der Waals surface area contributed by atoms with Gasteiger partial charge in [-0.3, -0.25) is 4.79 Å². The molecule has 0 spiro atoms. The van der Waals surface area contributed by atoms with Crippen molar-refractivity contribution in [1.29, 1.82) is 0 Å². The molecule has 0 aromatic heterocycles. The van der Waals surface area contributed by atoms with Gasteiger partial charge in [-0.25, -0.2) is 4.79 Å². The quantitative estimate of drug-likeness (QED) is 0.502. The maximum Gasteiger partial charge on any atom is 0.337 e. The molecule has 1 N–H and O–H groups in total. The molecule has 2 aromatic rings. The zero-order valence-electron chi connectivity index (χ0n) is 21.9. The van der Waals surface area contributed by atoms with Crippen LogP contribution in [0, 0.1) is 6.92 Å². The summed E-state index contributed by atoms with van der Waals surface area (Å²) in [4.78, 5) is 27.2. The van der Waals surface area contributed by atoms with Crippen LogP contribution in [-0.2, 0) is 14.3 Å². The minimum atomic E-state index is -0.460. The molecule has 2 aliphatic rings. The van der Waals surface area contributed by atoms with Crippen molar-refractivity contribution in [2.45, 2.75) is 64.9 Å². The van der Waals surface area contributed by atoms with Crippen LogP contribution in [0.3, 0.4) is 0 Å². The van der Waals surface area contributed by atoms with Gasteiger partial charge in [-0.2, -0.15) is 0 Å². The number of hydrogen-bond acceptors (Lipinski definition) is 6. The van der Waals surface area contributed by atoms with E-state index >= 15 is 0 Å². The van der Waals surface area contributed by atoms with Gasteiger partial charge < -0.3 is 19.5 Å². The van der Waals surface area contributed by atoms with Gasteiger partial charge in [-0.1, -0.05) is 37.3 Å². The minimum Gasteiger partial charge on any atom is -0.493 e. The Morgan fingerprint density at radius 1 is 1.06 bits per heavy atom. The van der Waals surface area contributed by atoms with E-state index < -0.39 is 5.92 Å². The average molecular weight is 490 g/mol. The number of hydrogen-bond donors (Lipinski definition) is 1. The first-order valence-electron chi connectivity index (χ1n) is 12.5. The van der Waals surface area contributed by atoms with Crippen molar-refractivity contribution in [2.75, 3.05) is 14.2 Å². The number of ether oxygens (including phenoxy) is 3. The smallest absolute Gasteiger partial charge is 0.337 e. The summed E-state index contributed by atoms with van der Waals surface area (Å²) in [5, 5.41) is 3.42. The summed E-state index contributed by atoms with van der Waals surface area (Å²) in [6, 6.07) is 13.8. The van der Waals surface area contributed by atoms with Crippen LogP contribution in [-0.4, -0.2) is 32.1 Å². The van der Waals surface area contributed by atoms with Gasteiger partial charge in [-0.05, 0) is 68.4 Å². The number of Topliss-reactive ketones (excluding diaryl/α,β-unsaturated/α-hetero) is 1. The van der Waals surface area contributed by atoms with Gasteiger partial charge >= 0.3 is 5.97 Å². The number of methoxy groups -OCH3 is 2. The highest BCUT2D eigenvalue weighted by Gasteiger charge is 2.42. The summed E-state index contributed by atoms with van der Waals surface area (Å²) in [6.07, 6.45) is 1.53. The van der Waals surface area contributed by atoms with Crippen LogP contribution < -0.4 is 14.8 Å².